The molecule has 8 aromatic carbocycles. The Bertz CT molecular complexity index is 2680. The number of para-hydroxylation sites is 2. The van der Waals surface area contributed by atoms with Crippen LogP contribution in [-0.4, -0.2) is 9.55 Å². The van der Waals surface area contributed by atoms with Gasteiger partial charge in [0.1, 0.15) is 5.82 Å². The van der Waals surface area contributed by atoms with Gasteiger partial charge in [-0.3, -0.25) is 0 Å². The van der Waals surface area contributed by atoms with Crippen molar-refractivity contribution in [2.75, 3.05) is 0 Å². The second kappa shape index (κ2) is 10.6. The van der Waals surface area contributed by atoms with E-state index in [9.17, 15) is 0 Å². The van der Waals surface area contributed by atoms with Crippen molar-refractivity contribution in [2.45, 2.75) is 5.41 Å². The van der Waals surface area contributed by atoms with Crippen molar-refractivity contribution in [3.05, 3.63) is 198 Å². The van der Waals surface area contributed by atoms with E-state index in [4.69, 9.17) is 4.98 Å². The van der Waals surface area contributed by atoms with Gasteiger partial charge in [-0.05, 0) is 84.3 Å². The molecule has 230 valence electrons. The minimum absolute atomic E-state index is 0.529. The molecule has 1 aliphatic carbocycles. The molecule has 0 aliphatic heterocycles. The number of aromatic nitrogens is 2. The first kappa shape index (κ1) is 27.8. The molecule has 0 radical (unpaired) electrons. The van der Waals surface area contributed by atoms with Crippen molar-refractivity contribution in [3.8, 4) is 33.6 Å². The molecule has 0 saturated carbocycles. The van der Waals surface area contributed by atoms with E-state index in [-0.39, 0.29) is 0 Å². The van der Waals surface area contributed by atoms with E-state index in [1.54, 1.807) is 0 Å². The van der Waals surface area contributed by atoms with Crippen LogP contribution in [0.1, 0.15) is 22.3 Å². The van der Waals surface area contributed by atoms with Crippen LogP contribution in [0.2, 0.25) is 0 Å². The fourth-order valence-corrected chi connectivity index (χ4v) is 8.69. The summed E-state index contributed by atoms with van der Waals surface area (Å²) in [5.74, 6) is 0.969. The average Bonchev–Trinajstić information content (AvgIpc) is 3.52. The van der Waals surface area contributed by atoms with E-state index in [0.717, 1.165) is 22.4 Å². The molecule has 1 aliphatic rings. The summed E-state index contributed by atoms with van der Waals surface area (Å²) in [7, 11) is 2.11. The lowest BCUT2D eigenvalue weighted by molar-refractivity contribution is 0.757. The summed E-state index contributed by atoms with van der Waals surface area (Å²) < 4.78 is 2.20. The van der Waals surface area contributed by atoms with Gasteiger partial charge in [-0.2, -0.15) is 0 Å². The summed E-state index contributed by atoms with van der Waals surface area (Å²) >= 11 is 0. The lowest BCUT2D eigenvalue weighted by Gasteiger charge is -2.43. The number of aryl methyl sites for hydroxylation is 1. The van der Waals surface area contributed by atoms with Gasteiger partial charge >= 0.3 is 0 Å². The molecular weight excluding hydrogens is 593 g/mol. The van der Waals surface area contributed by atoms with Crippen LogP contribution in [0.15, 0.2) is 176 Å². The summed E-state index contributed by atoms with van der Waals surface area (Å²) in [5.41, 5.74) is 12.9. The minimum Gasteiger partial charge on any atom is -0.327 e. The van der Waals surface area contributed by atoms with Crippen molar-refractivity contribution >= 4 is 32.6 Å². The van der Waals surface area contributed by atoms with Crippen molar-refractivity contribution in [1.82, 2.24) is 9.55 Å². The Morgan fingerprint density at radius 3 is 1.86 bits per heavy atom. The quantitative estimate of drug-likeness (QED) is 0.178. The molecule has 0 spiro atoms. The first-order valence-electron chi connectivity index (χ1n) is 17.0. The number of benzene rings is 8. The molecule has 9 aromatic rings. The van der Waals surface area contributed by atoms with E-state index < -0.39 is 5.41 Å². The van der Waals surface area contributed by atoms with Gasteiger partial charge in [-0.1, -0.05) is 158 Å². The maximum Gasteiger partial charge on any atom is 0.140 e. The fraction of sp³-hybridized carbons (Fsp3) is 0.0426. The Hall–Kier alpha value is -6.25. The minimum atomic E-state index is -0.529. The van der Waals surface area contributed by atoms with E-state index in [0.29, 0.717) is 0 Å². The lowest BCUT2D eigenvalue weighted by Crippen LogP contribution is -2.34. The maximum atomic E-state index is 5.07. The number of fused-ring (bicyclic) bond motifs is 5. The number of nitrogens with zero attached hydrogens (tertiary/aromatic N) is 2. The largest absolute Gasteiger partial charge is 0.327 e. The first-order valence-corrected chi connectivity index (χ1v) is 17.0. The second-order valence-corrected chi connectivity index (χ2v) is 13.1. The third kappa shape index (κ3) is 3.86. The van der Waals surface area contributed by atoms with Gasteiger partial charge in [-0.15, -0.1) is 0 Å². The topological polar surface area (TPSA) is 17.8 Å². The highest BCUT2D eigenvalue weighted by atomic mass is 15.1. The molecule has 0 atom stereocenters. The molecule has 1 aromatic heterocycles. The fourth-order valence-electron chi connectivity index (χ4n) is 8.69. The Morgan fingerprint density at radius 1 is 0.490 bits per heavy atom. The average molecular weight is 625 g/mol. The Balaban J connectivity index is 1.37. The van der Waals surface area contributed by atoms with E-state index >= 15 is 0 Å². The lowest BCUT2D eigenvalue weighted by atomic mass is 9.58. The summed E-state index contributed by atoms with van der Waals surface area (Å²) in [6.45, 7) is 0. The smallest absolute Gasteiger partial charge is 0.140 e. The van der Waals surface area contributed by atoms with E-state index in [2.05, 4.69) is 188 Å². The molecule has 0 saturated heterocycles. The van der Waals surface area contributed by atoms with Crippen LogP contribution in [-0.2, 0) is 12.5 Å². The van der Waals surface area contributed by atoms with Crippen molar-refractivity contribution in [2.24, 2.45) is 7.05 Å². The first-order chi connectivity index (χ1) is 24.2. The Labute approximate surface area is 285 Å². The zero-order chi connectivity index (χ0) is 32.5. The highest BCUT2D eigenvalue weighted by Crippen LogP contribution is 2.58. The van der Waals surface area contributed by atoms with Gasteiger partial charge in [0, 0.05) is 12.6 Å². The summed E-state index contributed by atoms with van der Waals surface area (Å²) in [5, 5.41) is 5.10. The van der Waals surface area contributed by atoms with E-state index in [1.807, 2.05) is 0 Å². The highest BCUT2D eigenvalue weighted by Gasteiger charge is 2.45. The molecule has 2 heteroatoms. The number of hydrogen-bond donors (Lipinski definition) is 0. The van der Waals surface area contributed by atoms with Crippen molar-refractivity contribution in [1.29, 1.82) is 0 Å². The predicted molar refractivity (Wildman–Crippen MR) is 204 cm³/mol. The molecule has 0 bridgehead atoms. The van der Waals surface area contributed by atoms with Crippen LogP contribution in [0.3, 0.4) is 0 Å². The summed E-state index contributed by atoms with van der Waals surface area (Å²) in [6, 6.07) is 64.5. The van der Waals surface area contributed by atoms with Gasteiger partial charge in [0.2, 0.25) is 0 Å². The van der Waals surface area contributed by atoms with E-state index in [1.165, 1.54) is 66.1 Å². The van der Waals surface area contributed by atoms with Crippen LogP contribution in [0, 0.1) is 0 Å². The summed E-state index contributed by atoms with van der Waals surface area (Å²) in [4.78, 5) is 5.07. The SMILES string of the molecule is Cn1c(-c2cccc(-c3c4ccccc4c4c5c(cccc35)-c3ccccc3C4(c3ccccc3)c3ccccc3)c2)nc2ccccc21. The Morgan fingerprint density at radius 2 is 1.08 bits per heavy atom. The predicted octanol–water partition coefficient (Wildman–Crippen LogP) is 11.6. The van der Waals surface area contributed by atoms with Gasteiger partial charge in [0.15, 0.2) is 0 Å². The van der Waals surface area contributed by atoms with Crippen molar-refractivity contribution in [3.63, 3.8) is 0 Å². The molecule has 0 unspecified atom stereocenters. The highest BCUT2D eigenvalue weighted by molar-refractivity contribution is 6.21. The molecule has 0 N–H and O–H groups in total. The van der Waals surface area contributed by atoms with Crippen LogP contribution >= 0.6 is 0 Å². The van der Waals surface area contributed by atoms with Gasteiger partial charge in [0.05, 0.1) is 16.4 Å². The monoisotopic (exact) mass is 624 g/mol. The standard InChI is InChI=1S/C47H32N2/c1-49-42-29-13-12-28-41(42)48-46(49)32-17-14-16-31(30-32)43-37-23-8-9-24-38(37)45-44-36(25-15-26-39(43)44)35-22-10-11-27-40(35)47(45,33-18-4-2-5-19-33)34-20-6-3-7-21-34/h2-30H,1H3. The number of imidazole rings is 1. The number of rotatable bonds is 4. The van der Waals surface area contributed by atoms with Gasteiger partial charge in [0.25, 0.3) is 0 Å². The molecule has 1 heterocycles. The summed E-state index contributed by atoms with van der Waals surface area (Å²) in [6.07, 6.45) is 0. The molecule has 49 heavy (non-hydrogen) atoms. The number of hydrogen-bond acceptors (Lipinski definition) is 1. The van der Waals surface area contributed by atoms with Crippen molar-refractivity contribution < 1.29 is 0 Å². The molecule has 0 amide bonds. The van der Waals surface area contributed by atoms with Crippen LogP contribution in [0.5, 0.6) is 0 Å². The third-order valence-electron chi connectivity index (χ3n) is 10.7. The van der Waals surface area contributed by atoms with Crippen LogP contribution in [0.4, 0.5) is 0 Å². The third-order valence-corrected chi connectivity index (χ3v) is 10.7. The van der Waals surface area contributed by atoms with Crippen LogP contribution in [0.25, 0.3) is 66.2 Å². The second-order valence-electron chi connectivity index (χ2n) is 13.1. The molecule has 2 nitrogen and oxygen atoms in total. The molecule has 0 fully saturated rings. The molecule has 10 rings (SSSR count). The normalized spacial score (nSPS) is 13.2. The van der Waals surface area contributed by atoms with Crippen LogP contribution < -0.4 is 0 Å². The van der Waals surface area contributed by atoms with Gasteiger partial charge < -0.3 is 4.57 Å². The van der Waals surface area contributed by atoms with Gasteiger partial charge in [-0.25, -0.2) is 4.98 Å². The Kier molecular flexibility index (Phi) is 6.04. The zero-order valence-corrected chi connectivity index (χ0v) is 27.1. The molecular formula is C47H32N2. The maximum absolute atomic E-state index is 5.07. The zero-order valence-electron chi connectivity index (χ0n) is 27.1.